The summed E-state index contributed by atoms with van der Waals surface area (Å²) in [5.74, 6) is 5.29. The Morgan fingerprint density at radius 2 is 1.83 bits per heavy atom. The Labute approximate surface area is 133 Å². The molecule has 23 heavy (non-hydrogen) atoms. The lowest BCUT2D eigenvalue weighted by atomic mass is 9.99. The van der Waals surface area contributed by atoms with Crippen molar-refractivity contribution in [2.45, 2.75) is 0 Å². The molecular weight excluding hydrogens is 286 g/mol. The van der Waals surface area contributed by atoms with Gasteiger partial charge in [-0.25, -0.2) is 5.84 Å². The summed E-state index contributed by atoms with van der Waals surface area (Å²) in [5, 5.41) is 10.1. The van der Waals surface area contributed by atoms with Crippen LogP contribution in [0.1, 0.15) is 5.56 Å². The summed E-state index contributed by atoms with van der Waals surface area (Å²) in [7, 11) is 0. The van der Waals surface area contributed by atoms with E-state index >= 15 is 0 Å². The van der Waals surface area contributed by atoms with Crippen molar-refractivity contribution >= 4 is 16.6 Å². The molecule has 0 saturated carbocycles. The number of rotatable bonds is 3. The number of hydrogen-bond acceptors (Lipinski definition) is 5. The molecule has 3 rings (SSSR count). The van der Waals surface area contributed by atoms with E-state index in [0.717, 1.165) is 27.6 Å². The van der Waals surface area contributed by atoms with Crippen LogP contribution in [0.25, 0.3) is 27.7 Å². The van der Waals surface area contributed by atoms with E-state index in [4.69, 9.17) is 16.8 Å². The molecule has 0 aliphatic heterocycles. The lowest BCUT2D eigenvalue weighted by molar-refractivity contribution is 0.920. The number of nitrogens with one attached hydrogen (secondary N) is 1. The van der Waals surface area contributed by atoms with E-state index in [9.17, 15) is 0 Å². The molecule has 0 bridgehead atoms. The highest BCUT2D eigenvalue weighted by Crippen LogP contribution is 2.28. The van der Waals surface area contributed by atoms with Gasteiger partial charge in [0.2, 0.25) is 0 Å². The van der Waals surface area contributed by atoms with Gasteiger partial charge in [-0.15, -0.1) is 0 Å². The van der Waals surface area contributed by atoms with E-state index < -0.39 is 0 Å². The number of allylic oxidation sites excluding steroid dienone is 1. The van der Waals surface area contributed by atoms with Crippen LogP contribution < -0.4 is 17.0 Å². The largest absolute Gasteiger partial charge is 0.396 e. The first kappa shape index (κ1) is 14.6. The highest BCUT2D eigenvalue weighted by Gasteiger charge is 2.07. The summed E-state index contributed by atoms with van der Waals surface area (Å²) in [6.45, 7) is 0. The predicted octanol–water partition coefficient (Wildman–Crippen LogP) is 2.52. The van der Waals surface area contributed by atoms with Crippen molar-refractivity contribution < 1.29 is 0 Å². The minimum Gasteiger partial charge on any atom is -0.396 e. The van der Waals surface area contributed by atoms with Gasteiger partial charge in [0.25, 0.3) is 0 Å². The molecule has 1 heterocycles. The zero-order chi connectivity index (χ0) is 16.2. The van der Waals surface area contributed by atoms with Crippen molar-refractivity contribution in [2.75, 3.05) is 0 Å². The molecule has 0 saturated heterocycles. The Hall–Kier alpha value is -3.36. The van der Waals surface area contributed by atoms with Crippen molar-refractivity contribution in [1.82, 2.24) is 10.4 Å². The maximum Gasteiger partial charge on any atom is 0.151 e. The second-order valence-electron chi connectivity index (χ2n) is 5.00. The number of nitrogens with two attached hydrogens (primary N) is 2. The standard InChI is InChI=1S/C18H15N5/c19-11-17(23-21)18(20)13-8-6-12(7-9-13)14-3-1-5-16-15(14)4-2-10-22-16/h1-10,23H,20-21H2/b18-17-. The number of fused-ring (bicyclic) bond motifs is 1. The smallest absolute Gasteiger partial charge is 0.151 e. The third-order valence-electron chi connectivity index (χ3n) is 3.68. The van der Waals surface area contributed by atoms with Gasteiger partial charge in [-0.3, -0.25) is 4.98 Å². The molecule has 112 valence electrons. The van der Waals surface area contributed by atoms with E-state index in [-0.39, 0.29) is 5.70 Å². The molecule has 0 aliphatic rings. The summed E-state index contributed by atoms with van der Waals surface area (Å²) in [6, 6.07) is 19.6. The van der Waals surface area contributed by atoms with E-state index in [2.05, 4.69) is 16.5 Å². The van der Waals surface area contributed by atoms with Crippen molar-refractivity contribution in [3.8, 4) is 17.2 Å². The average Bonchev–Trinajstić information content (AvgIpc) is 2.62. The lowest BCUT2D eigenvalue weighted by Crippen LogP contribution is -2.23. The van der Waals surface area contributed by atoms with Gasteiger partial charge in [0.1, 0.15) is 6.07 Å². The molecule has 0 radical (unpaired) electrons. The van der Waals surface area contributed by atoms with Crippen molar-refractivity contribution in [3.05, 3.63) is 72.1 Å². The van der Waals surface area contributed by atoms with E-state index in [0.29, 0.717) is 5.70 Å². The summed E-state index contributed by atoms with van der Waals surface area (Å²) in [5.41, 5.74) is 12.6. The molecule has 5 N–H and O–H groups in total. The molecular formula is C18H15N5. The molecule has 5 nitrogen and oxygen atoms in total. The maximum atomic E-state index is 8.97. The van der Waals surface area contributed by atoms with Gasteiger partial charge in [-0.1, -0.05) is 42.5 Å². The highest BCUT2D eigenvalue weighted by atomic mass is 15.2. The van der Waals surface area contributed by atoms with Crippen LogP contribution in [0, 0.1) is 11.3 Å². The summed E-state index contributed by atoms with van der Waals surface area (Å²) >= 11 is 0. The third kappa shape index (κ3) is 2.71. The first-order valence-corrected chi connectivity index (χ1v) is 7.05. The second kappa shape index (κ2) is 6.18. The van der Waals surface area contributed by atoms with Crippen molar-refractivity contribution in [1.29, 1.82) is 5.26 Å². The lowest BCUT2D eigenvalue weighted by Gasteiger charge is -2.09. The van der Waals surface area contributed by atoms with Crippen LogP contribution in [0.2, 0.25) is 0 Å². The van der Waals surface area contributed by atoms with Crippen LogP contribution in [0.3, 0.4) is 0 Å². The topological polar surface area (TPSA) is 101 Å². The highest BCUT2D eigenvalue weighted by molar-refractivity contribution is 5.94. The van der Waals surface area contributed by atoms with Gasteiger partial charge < -0.3 is 11.2 Å². The molecule has 2 aromatic carbocycles. The first-order valence-electron chi connectivity index (χ1n) is 7.05. The SMILES string of the molecule is N#C/C(NN)=C(/N)c1ccc(-c2cccc3ncccc23)cc1. The number of pyridine rings is 1. The fraction of sp³-hybridized carbons (Fsp3) is 0. The van der Waals surface area contributed by atoms with Crippen molar-refractivity contribution in [2.24, 2.45) is 11.6 Å². The Morgan fingerprint density at radius 1 is 1.04 bits per heavy atom. The van der Waals surface area contributed by atoms with Crippen LogP contribution in [-0.2, 0) is 0 Å². The first-order chi connectivity index (χ1) is 11.2. The molecule has 0 amide bonds. The fourth-order valence-electron chi connectivity index (χ4n) is 2.50. The van der Waals surface area contributed by atoms with Crippen LogP contribution in [-0.4, -0.2) is 4.98 Å². The van der Waals surface area contributed by atoms with E-state index in [1.54, 1.807) is 6.20 Å². The van der Waals surface area contributed by atoms with E-state index in [1.165, 1.54) is 0 Å². The number of aromatic nitrogens is 1. The van der Waals surface area contributed by atoms with Gasteiger partial charge in [-0.05, 0) is 23.3 Å². The zero-order valence-corrected chi connectivity index (χ0v) is 12.3. The predicted molar refractivity (Wildman–Crippen MR) is 91.2 cm³/mol. The Balaban J connectivity index is 2.06. The minimum atomic E-state index is 0.145. The molecule has 0 unspecified atom stereocenters. The summed E-state index contributed by atoms with van der Waals surface area (Å²) in [6.07, 6.45) is 1.78. The van der Waals surface area contributed by atoms with Crippen LogP contribution in [0.15, 0.2) is 66.5 Å². The van der Waals surface area contributed by atoms with Gasteiger partial charge in [-0.2, -0.15) is 5.26 Å². The Kier molecular flexibility index (Phi) is 3.91. The van der Waals surface area contributed by atoms with Crippen LogP contribution in [0.5, 0.6) is 0 Å². The summed E-state index contributed by atoms with van der Waals surface area (Å²) in [4.78, 5) is 4.37. The maximum absolute atomic E-state index is 8.97. The van der Waals surface area contributed by atoms with Crippen molar-refractivity contribution in [3.63, 3.8) is 0 Å². The molecule has 0 aliphatic carbocycles. The quantitative estimate of drug-likeness (QED) is 0.392. The molecule has 5 heteroatoms. The van der Waals surface area contributed by atoms with Gasteiger partial charge in [0.15, 0.2) is 5.70 Å². The van der Waals surface area contributed by atoms with Gasteiger partial charge in [0, 0.05) is 17.1 Å². The van der Waals surface area contributed by atoms with E-state index in [1.807, 2.05) is 54.6 Å². The van der Waals surface area contributed by atoms with Crippen LogP contribution in [0.4, 0.5) is 0 Å². The fourth-order valence-corrected chi connectivity index (χ4v) is 2.50. The zero-order valence-electron chi connectivity index (χ0n) is 12.3. The number of benzene rings is 2. The Morgan fingerprint density at radius 3 is 2.52 bits per heavy atom. The average molecular weight is 301 g/mol. The van der Waals surface area contributed by atoms with Crippen LogP contribution >= 0.6 is 0 Å². The molecule has 1 aromatic heterocycles. The van der Waals surface area contributed by atoms with Gasteiger partial charge in [0.05, 0.1) is 11.2 Å². The second-order valence-corrected chi connectivity index (χ2v) is 5.00. The monoisotopic (exact) mass is 301 g/mol. The molecule has 0 atom stereocenters. The summed E-state index contributed by atoms with van der Waals surface area (Å²) < 4.78 is 0. The number of hydrazine groups is 1. The number of nitrogens with zero attached hydrogens (tertiary/aromatic N) is 2. The third-order valence-corrected chi connectivity index (χ3v) is 3.68. The molecule has 0 fully saturated rings. The normalized spacial score (nSPS) is 11.7. The minimum absolute atomic E-state index is 0.145. The molecule has 3 aromatic rings. The number of nitriles is 1. The molecule has 0 spiro atoms. The van der Waals surface area contributed by atoms with Gasteiger partial charge >= 0.3 is 0 Å². The number of hydrogen-bond donors (Lipinski definition) is 3. The Bertz CT molecular complexity index is 915.